The van der Waals surface area contributed by atoms with Crippen molar-refractivity contribution in [2.24, 2.45) is 0 Å². The highest BCUT2D eigenvalue weighted by molar-refractivity contribution is 7.92. The van der Waals surface area contributed by atoms with Crippen molar-refractivity contribution in [2.45, 2.75) is 24.7 Å². The molecule has 0 spiro atoms. The molecule has 0 amide bonds. The molecule has 0 radical (unpaired) electrons. The van der Waals surface area contributed by atoms with Gasteiger partial charge in [0.15, 0.2) is 0 Å². The van der Waals surface area contributed by atoms with E-state index in [1.54, 1.807) is 12.1 Å². The van der Waals surface area contributed by atoms with E-state index in [9.17, 15) is 8.42 Å². The lowest BCUT2D eigenvalue weighted by Gasteiger charge is -2.08. The van der Waals surface area contributed by atoms with Gasteiger partial charge in [-0.05, 0) is 36.2 Å². The molecule has 0 aliphatic rings. The number of hydrogen-bond acceptors (Lipinski definition) is 4. The number of anilines is 1. The summed E-state index contributed by atoms with van der Waals surface area (Å²) >= 11 is 0. The molecule has 0 fully saturated rings. The van der Waals surface area contributed by atoms with E-state index in [0.29, 0.717) is 5.69 Å². The third kappa shape index (κ3) is 3.80. The summed E-state index contributed by atoms with van der Waals surface area (Å²) in [6.45, 7) is 2.09. The zero-order valence-corrected chi connectivity index (χ0v) is 12.4. The molecule has 1 aromatic carbocycles. The number of hydrogen-bond donors (Lipinski definition) is 1. The van der Waals surface area contributed by atoms with Crippen LogP contribution in [0.4, 0.5) is 5.69 Å². The maximum absolute atomic E-state index is 12.2. The fourth-order valence-electron chi connectivity index (χ4n) is 1.85. The van der Waals surface area contributed by atoms with E-state index in [4.69, 9.17) is 5.26 Å². The van der Waals surface area contributed by atoms with Gasteiger partial charge in [-0.1, -0.05) is 25.5 Å². The zero-order valence-electron chi connectivity index (χ0n) is 11.6. The average Bonchev–Trinajstić information content (AvgIpc) is 2.49. The number of nitrogens with one attached hydrogen (secondary N) is 1. The molecule has 0 aliphatic carbocycles. The minimum atomic E-state index is -3.69. The quantitative estimate of drug-likeness (QED) is 0.920. The van der Waals surface area contributed by atoms with Crippen LogP contribution < -0.4 is 4.72 Å². The lowest BCUT2D eigenvalue weighted by Crippen LogP contribution is -2.13. The van der Waals surface area contributed by atoms with Gasteiger partial charge >= 0.3 is 0 Å². The van der Waals surface area contributed by atoms with Crippen LogP contribution in [-0.2, 0) is 16.4 Å². The molecule has 1 heterocycles. The Labute approximate surface area is 124 Å². The van der Waals surface area contributed by atoms with Crippen molar-refractivity contribution in [3.05, 3.63) is 53.9 Å². The predicted octanol–water partition coefficient (Wildman–Crippen LogP) is 2.71. The van der Waals surface area contributed by atoms with Crippen molar-refractivity contribution in [1.29, 1.82) is 5.26 Å². The molecule has 0 aliphatic heterocycles. The lowest BCUT2D eigenvalue weighted by atomic mass is 10.1. The van der Waals surface area contributed by atoms with Gasteiger partial charge in [-0.25, -0.2) is 13.4 Å². The first-order chi connectivity index (χ1) is 10.0. The Morgan fingerprint density at radius 2 is 1.90 bits per heavy atom. The zero-order chi connectivity index (χ0) is 15.3. The van der Waals surface area contributed by atoms with Crippen LogP contribution in [0.25, 0.3) is 0 Å². The molecule has 0 bridgehead atoms. The Balaban J connectivity index is 2.18. The Hall–Kier alpha value is -2.39. The van der Waals surface area contributed by atoms with Crippen LogP contribution in [0.3, 0.4) is 0 Å². The topological polar surface area (TPSA) is 82.9 Å². The number of benzene rings is 1. The van der Waals surface area contributed by atoms with Gasteiger partial charge in [0.25, 0.3) is 10.0 Å². The van der Waals surface area contributed by atoms with Gasteiger partial charge in [0.2, 0.25) is 0 Å². The standard InChI is InChI=1S/C15H15N3O2S/c1-2-3-12-4-6-13(7-5-12)18-21(19,20)15-9-8-14(10-16)17-11-15/h4-9,11,18H,2-3H2,1H3. The summed E-state index contributed by atoms with van der Waals surface area (Å²) < 4.78 is 26.8. The summed E-state index contributed by atoms with van der Waals surface area (Å²) in [7, 11) is -3.69. The van der Waals surface area contributed by atoms with Crippen LogP contribution in [-0.4, -0.2) is 13.4 Å². The molecular formula is C15H15N3O2S. The van der Waals surface area contributed by atoms with Crippen molar-refractivity contribution in [3.8, 4) is 6.07 Å². The molecule has 0 saturated carbocycles. The van der Waals surface area contributed by atoms with Gasteiger partial charge in [0.05, 0.1) is 0 Å². The normalized spacial score (nSPS) is 10.9. The van der Waals surface area contributed by atoms with Crippen molar-refractivity contribution >= 4 is 15.7 Å². The number of aromatic nitrogens is 1. The van der Waals surface area contributed by atoms with Gasteiger partial charge in [-0.3, -0.25) is 4.72 Å². The second-order valence-electron chi connectivity index (χ2n) is 4.54. The molecule has 2 rings (SSSR count). The largest absolute Gasteiger partial charge is 0.280 e. The van der Waals surface area contributed by atoms with Crippen LogP contribution in [0.5, 0.6) is 0 Å². The van der Waals surface area contributed by atoms with E-state index < -0.39 is 10.0 Å². The van der Waals surface area contributed by atoms with Gasteiger partial charge in [-0.15, -0.1) is 0 Å². The van der Waals surface area contributed by atoms with Gasteiger partial charge in [0, 0.05) is 11.9 Å². The third-order valence-electron chi connectivity index (χ3n) is 2.91. The van der Waals surface area contributed by atoms with Crippen molar-refractivity contribution in [2.75, 3.05) is 4.72 Å². The lowest BCUT2D eigenvalue weighted by molar-refractivity contribution is 0.601. The van der Waals surface area contributed by atoms with Crippen molar-refractivity contribution in [1.82, 2.24) is 4.98 Å². The van der Waals surface area contributed by atoms with E-state index >= 15 is 0 Å². The average molecular weight is 301 g/mol. The maximum atomic E-state index is 12.2. The predicted molar refractivity (Wildman–Crippen MR) is 80.2 cm³/mol. The Kier molecular flexibility index (Phi) is 4.55. The van der Waals surface area contributed by atoms with Crippen molar-refractivity contribution in [3.63, 3.8) is 0 Å². The fraction of sp³-hybridized carbons (Fsp3) is 0.200. The summed E-state index contributed by atoms with van der Waals surface area (Å²) in [5, 5.41) is 8.66. The van der Waals surface area contributed by atoms with Crippen LogP contribution in [0.1, 0.15) is 24.6 Å². The molecule has 6 heteroatoms. The first-order valence-corrected chi connectivity index (χ1v) is 8.01. The smallest absolute Gasteiger partial charge is 0.263 e. The highest BCUT2D eigenvalue weighted by atomic mass is 32.2. The van der Waals surface area contributed by atoms with Crippen LogP contribution >= 0.6 is 0 Å². The molecule has 108 valence electrons. The molecule has 0 atom stereocenters. The molecule has 1 N–H and O–H groups in total. The van der Waals surface area contributed by atoms with Crippen LogP contribution in [0, 0.1) is 11.3 Å². The number of aryl methyl sites for hydroxylation is 1. The van der Waals surface area contributed by atoms with E-state index in [1.165, 1.54) is 23.9 Å². The molecule has 21 heavy (non-hydrogen) atoms. The van der Waals surface area contributed by atoms with E-state index in [2.05, 4.69) is 16.6 Å². The molecule has 2 aromatic rings. The monoisotopic (exact) mass is 301 g/mol. The molecule has 0 unspecified atom stereocenters. The van der Waals surface area contributed by atoms with Gasteiger partial charge in [0.1, 0.15) is 16.7 Å². The highest BCUT2D eigenvalue weighted by Crippen LogP contribution is 2.16. The number of sulfonamides is 1. The summed E-state index contributed by atoms with van der Waals surface area (Å²) in [6.07, 6.45) is 3.18. The highest BCUT2D eigenvalue weighted by Gasteiger charge is 2.14. The Bertz CT molecular complexity index is 745. The van der Waals surface area contributed by atoms with Gasteiger partial charge < -0.3 is 0 Å². The van der Waals surface area contributed by atoms with Crippen LogP contribution in [0.15, 0.2) is 47.5 Å². The van der Waals surface area contributed by atoms with E-state index in [-0.39, 0.29) is 10.6 Å². The molecule has 1 aromatic heterocycles. The second-order valence-corrected chi connectivity index (χ2v) is 6.23. The summed E-state index contributed by atoms with van der Waals surface area (Å²) in [4.78, 5) is 3.79. The SMILES string of the molecule is CCCc1ccc(NS(=O)(=O)c2ccc(C#N)nc2)cc1. The second kappa shape index (κ2) is 6.37. The number of nitriles is 1. The molecular weight excluding hydrogens is 286 g/mol. The maximum Gasteiger partial charge on any atom is 0.263 e. The Morgan fingerprint density at radius 3 is 2.43 bits per heavy atom. The van der Waals surface area contributed by atoms with Gasteiger partial charge in [-0.2, -0.15) is 5.26 Å². The summed E-state index contributed by atoms with van der Waals surface area (Å²) in [5.74, 6) is 0. The van der Waals surface area contributed by atoms with Crippen molar-refractivity contribution < 1.29 is 8.42 Å². The van der Waals surface area contributed by atoms with E-state index in [1.807, 2.05) is 18.2 Å². The summed E-state index contributed by atoms with van der Waals surface area (Å²) in [6, 6.07) is 11.9. The first-order valence-electron chi connectivity index (χ1n) is 6.53. The minimum Gasteiger partial charge on any atom is -0.280 e. The molecule has 5 nitrogen and oxygen atoms in total. The first kappa shape index (κ1) is 15.0. The third-order valence-corrected chi connectivity index (χ3v) is 4.27. The number of pyridine rings is 1. The number of rotatable bonds is 5. The minimum absolute atomic E-state index is 0.0270. The summed E-state index contributed by atoms with van der Waals surface area (Å²) in [5.41, 5.74) is 1.84. The Morgan fingerprint density at radius 1 is 1.19 bits per heavy atom. The van der Waals surface area contributed by atoms with Crippen LogP contribution in [0.2, 0.25) is 0 Å². The van der Waals surface area contributed by atoms with E-state index in [0.717, 1.165) is 12.8 Å². The molecule has 0 saturated heterocycles. The number of nitrogens with zero attached hydrogens (tertiary/aromatic N) is 2. The fourth-order valence-corrected chi connectivity index (χ4v) is 2.85.